The van der Waals surface area contributed by atoms with E-state index < -0.39 is 28.5 Å². The molecule has 11 heteroatoms. The molecule has 0 radical (unpaired) electrons. The number of carbonyl (C=O) groups is 2. The lowest BCUT2D eigenvalue weighted by Gasteiger charge is -2.33. The molecule has 1 N–H and O–H groups in total. The number of sulfonamides is 1. The van der Waals surface area contributed by atoms with Crippen LogP contribution >= 0.6 is 39.1 Å². The van der Waals surface area contributed by atoms with Gasteiger partial charge >= 0.3 is 0 Å². The summed E-state index contributed by atoms with van der Waals surface area (Å²) >= 11 is 16.3. The Kier molecular flexibility index (Phi) is 10.7. The van der Waals surface area contributed by atoms with Crippen molar-refractivity contribution in [1.29, 1.82) is 0 Å². The number of nitrogens with zero attached hydrogens (tertiary/aromatic N) is 2. The van der Waals surface area contributed by atoms with Crippen molar-refractivity contribution in [3.05, 3.63) is 92.9 Å². The van der Waals surface area contributed by atoms with Crippen LogP contribution in [0.5, 0.6) is 0 Å². The van der Waals surface area contributed by atoms with Gasteiger partial charge in [-0.15, -0.1) is 0 Å². The summed E-state index contributed by atoms with van der Waals surface area (Å²) in [6.45, 7) is 1.02. The number of anilines is 1. The highest BCUT2D eigenvalue weighted by Crippen LogP contribution is 2.29. The molecule has 3 aromatic rings. The van der Waals surface area contributed by atoms with E-state index in [2.05, 4.69) is 21.2 Å². The Balaban J connectivity index is 1.69. The number of hydrogen-bond acceptors (Lipinski definition) is 4. The smallest absolute Gasteiger partial charge is 0.264 e. The molecular formula is C30H32BrCl2N3O4S. The highest BCUT2D eigenvalue weighted by molar-refractivity contribution is 9.10. The maximum atomic E-state index is 14.1. The summed E-state index contributed by atoms with van der Waals surface area (Å²) < 4.78 is 29.5. The molecule has 0 spiro atoms. The van der Waals surface area contributed by atoms with Crippen LogP contribution in [0.4, 0.5) is 5.69 Å². The highest BCUT2D eigenvalue weighted by atomic mass is 79.9. The van der Waals surface area contributed by atoms with Gasteiger partial charge in [0.15, 0.2) is 0 Å². The van der Waals surface area contributed by atoms with Crippen molar-refractivity contribution in [2.45, 2.75) is 62.6 Å². The first kappa shape index (κ1) is 31.3. The Hall–Kier alpha value is -2.59. The molecule has 0 aromatic heterocycles. The molecule has 0 aliphatic heterocycles. The van der Waals surface area contributed by atoms with E-state index in [9.17, 15) is 18.0 Å². The zero-order valence-corrected chi connectivity index (χ0v) is 26.5. The Labute approximate surface area is 260 Å². The van der Waals surface area contributed by atoms with Gasteiger partial charge in [0.2, 0.25) is 11.8 Å². The van der Waals surface area contributed by atoms with E-state index in [1.165, 1.54) is 17.0 Å². The van der Waals surface area contributed by atoms with Gasteiger partial charge in [0.05, 0.1) is 10.6 Å². The van der Waals surface area contributed by atoms with Crippen molar-refractivity contribution in [3.63, 3.8) is 0 Å². The van der Waals surface area contributed by atoms with Crippen LogP contribution in [0.25, 0.3) is 0 Å². The molecule has 0 saturated heterocycles. The van der Waals surface area contributed by atoms with E-state index in [1.807, 2.05) is 0 Å². The minimum atomic E-state index is -4.14. The Bertz CT molecular complexity index is 1450. The van der Waals surface area contributed by atoms with E-state index in [4.69, 9.17) is 23.2 Å². The second-order valence-electron chi connectivity index (χ2n) is 10.0. The minimum absolute atomic E-state index is 0.0391. The lowest BCUT2D eigenvalue weighted by Crippen LogP contribution is -2.53. The standard InChI is InChI=1S/C30H32BrCl2N3O4S/c1-21(30(38)34-23-9-4-2-5-10-23)35(19-26-27(32)13-8-14-28(26)33)29(37)20-36(24-17-15-22(31)16-18-24)41(39,40)25-11-6-3-7-12-25/h3,6-8,11-18,21,23H,2,4-5,9-10,19-20H2,1H3,(H,34,38)/t21-/m1/s1. The lowest BCUT2D eigenvalue weighted by atomic mass is 9.95. The second kappa shape index (κ2) is 14.1. The SMILES string of the molecule is C[C@H](C(=O)NC1CCCCC1)N(Cc1c(Cl)cccc1Cl)C(=O)CN(c1ccc(Br)cc1)S(=O)(=O)c1ccccc1. The van der Waals surface area contributed by atoms with Gasteiger partial charge in [-0.1, -0.05) is 82.7 Å². The summed E-state index contributed by atoms with van der Waals surface area (Å²) in [5.41, 5.74) is 0.781. The van der Waals surface area contributed by atoms with E-state index >= 15 is 0 Å². The second-order valence-corrected chi connectivity index (χ2v) is 13.6. The topological polar surface area (TPSA) is 86.8 Å². The average molecular weight is 681 g/mol. The molecular weight excluding hydrogens is 649 g/mol. The predicted octanol–water partition coefficient (Wildman–Crippen LogP) is 6.82. The van der Waals surface area contributed by atoms with Crippen molar-refractivity contribution in [1.82, 2.24) is 10.2 Å². The van der Waals surface area contributed by atoms with Crippen molar-refractivity contribution in [3.8, 4) is 0 Å². The number of carbonyl (C=O) groups excluding carboxylic acids is 2. The Morgan fingerprint density at radius 2 is 1.54 bits per heavy atom. The summed E-state index contributed by atoms with van der Waals surface area (Å²) in [7, 11) is -4.14. The molecule has 1 atom stereocenters. The van der Waals surface area contributed by atoms with Gasteiger partial charge in [0.25, 0.3) is 10.0 Å². The van der Waals surface area contributed by atoms with Crippen LogP contribution in [-0.4, -0.2) is 43.8 Å². The number of hydrogen-bond donors (Lipinski definition) is 1. The van der Waals surface area contributed by atoms with Gasteiger partial charge in [-0.3, -0.25) is 13.9 Å². The van der Waals surface area contributed by atoms with Gasteiger partial charge in [-0.25, -0.2) is 8.42 Å². The molecule has 218 valence electrons. The predicted molar refractivity (Wildman–Crippen MR) is 167 cm³/mol. The maximum Gasteiger partial charge on any atom is 0.264 e. The molecule has 0 heterocycles. The fourth-order valence-corrected chi connectivity index (χ4v) is 7.08. The molecule has 1 fully saturated rings. The average Bonchev–Trinajstić information content (AvgIpc) is 2.97. The van der Waals surface area contributed by atoms with Crippen molar-refractivity contribution < 1.29 is 18.0 Å². The molecule has 0 bridgehead atoms. The molecule has 1 aliphatic rings. The van der Waals surface area contributed by atoms with Crippen LogP contribution in [0.3, 0.4) is 0 Å². The van der Waals surface area contributed by atoms with Crippen LogP contribution in [0.15, 0.2) is 82.2 Å². The van der Waals surface area contributed by atoms with Crippen molar-refractivity contribution >= 4 is 66.7 Å². The number of nitrogens with one attached hydrogen (secondary N) is 1. The number of rotatable bonds is 10. The normalized spacial score (nSPS) is 14.7. The lowest BCUT2D eigenvalue weighted by molar-refractivity contribution is -0.139. The molecule has 4 rings (SSSR count). The number of benzene rings is 3. The van der Waals surface area contributed by atoms with Crippen molar-refractivity contribution in [2.24, 2.45) is 0 Å². The monoisotopic (exact) mass is 679 g/mol. The van der Waals surface area contributed by atoms with Crippen LogP contribution in [0, 0.1) is 0 Å². The molecule has 1 saturated carbocycles. The third-order valence-electron chi connectivity index (χ3n) is 7.23. The molecule has 1 aliphatic carbocycles. The molecule has 41 heavy (non-hydrogen) atoms. The summed E-state index contributed by atoms with van der Waals surface area (Å²) in [6, 6.07) is 18.7. The van der Waals surface area contributed by atoms with Gasteiger partial charge in [0.1, 0.15) is 12.6 Å². The quantitative estimate of drug-likeness (QED) is 0.255. The van der Waals surface area contributed by atoms with Crippen LogP contribution in [-0.2, 0) is 26.2 Å². The summed E-state index contributed by atoms with van der Waals surface area (Å²) in [6.07, 6.45) is 4.98. The first-order chi connectivity index (χ1) is 19.6. The summed E-state index contributed by atoms with van der Waals surface area (Å²) in [5, 5.41) is 3.77. The summed E-state index contributed by atoms with van der Waals surface area (Å²) in [4.78, 5) is 28.9. The van der Waals surface area contributed by atoms with Gasteiger partial charge in [-0.05, 0) is 68.3 Å². The number of halogens is 3. The van der Waals surface area contributed by atoms with E-state index in [0.717, 1.165) is 40.9 Å². The zero-order chi connectivity index (χ0) is 29.6. The van der Waals surface area contributed by atoms with Gasteiger partial charge < -0.3 is 10.2 Å². The largest absolute Gasteiger partial charge is 0.352 e. The Morgan fingerprint density at radius 3 is 2.15 bits per heavy atom. The fourth-order valence-electron chi connectivity index (χ4n) is 4.86. The van der Waals surface area contributed by atoms with Gasteiger partial charge in [0, 0.05) is 32.7 Å². The van der Waals surface area contributed by atoms with E-state index in [1.54, 1.807) is 67.6 Å². The third kappa shape index (κ3) is 7.83. The number of amides is 2. The molecule has 0 unspecified atom stereocenters. The van der Waals surface area contributed by atoms with E-state index in [0.29, 0.717) is 21.3 Å². The zero-order valence-electron chi connectivity index (χ0n) is 22.6. The first-order valence-electron chi connectivity index (χ1n) is 13.4. The summed E-state index contributed by atoms with van der Waals surface area (Å²) in [5.74, 6) is -0.885. The van der Waals surface area contributed by atoms with Crippen LogP contribution in [0.1, 0.15) is 44.6 Å². The first-order valence-corrected chi connectivity index (χ1v) is 16.4. The van der Waals surface area contributed by atoms with Crippen molar-refractivity contribution in [2.75, 3.05) is 10.8 Å². The maximum absolute atomic E-state index is 14.1. The van der Waals surface area contributed by atoms with E-state index in [-0.39, 0.29) is 23.4 Å². The fraction of sp³-hybridized carbons (Fsp3) is 0.333. The van der Waals surface area contributed by atoms with Crippen LogP contribution in [0.2, 0.25) is 10.0 Å². The molecule has 3 aromatic carbocycles. The van der Waals surface area contributed by atoms with Gasteiger partial charge in [-0.2, -0.15) is 0 Å². The third-order valence-corrected chi connectivity index (χ3v) is 10.3. The highest BCUT2D eigenvalue weighted by Gasteiger charge is 2.33. The minimum Gasteiger partial charge on any atom is -0.352 e. The molecule has 7 nitrogen and oxygen atoms in total. The molecule has 2 amide bonds. The van der Waals surface area contributed by atoms with Crippen LogP contribution < -0.4 is 9.62 Å². The Morgan fingerprint density at radius 1 is 0.927 bits per heavy atom.